The zero-order chi connectivity index (χ0) is 14.3. The first-order chi connectivity index (χ1) is 9.54. The van der Waals surface area contributed by atoms with Crippen LogP contribution in [0.1, 0.15) is 29.3 Å². The fourth-order valence-corrected chi connectivity index (χ4v) is 2.88. The molecule has 5 heteroatoms. The highest BCUT2D eigenvalue weighted by atomic mass is 16.2. The number of nitrogens with one attached hydrogen (secondary N) is 1. The minimum absolute atomic E-state index is 0.0119. The fourth-order valence-electron chi connectivity index (χ4n) is 2.88. The van der Waals surface area contributed by atoms with Gasteiger partial charge >= 0.3 is 0 Å². The second kappa shape index (κ2) is 4.90. The Morgan fingerprint density at radius 3 is 3.00 bits per heavy atom. The molecule has 2 aliphatic heterocycles. The van der Waals surface area contributed by atoms with E-state index in [1.54, 1.807) is 12.1 Å². The molecule has 1 saturated heterocycles. The lowest BCUT2D eigenvalue weighted by atomic mass is 9.94. The Morgan fingerprint density at radius 1 is 1.45 bits per heavy atom. The van der Waals surface area contributed by atoms with Crippen LogP contribution in [0, 0.1) is 5.92 Å². The van der Waals surface area contributed by atoms with E-state index in [-0.39, 0.29) is 17.9 Å². The molecule has 0 aromatic heterocycles. The summed E-state index contributed by atoms with van der Waals surface area (Å²) in [5.74, 6) is 0.330. The number of likely N-dealkylation sites (tertiary alicyclic amines) is 1. The van der Waals surface area contributed by atoms with Gasteiger partial charge in [-0.3, -0.25) is 9.59 Å². The number of hydrogen-bond donors (Lipinski definition) is 2. The van der Waals surface area contributed by atoms with Crippen LogP contribution in [0.5, 0.6) is 0 Å². The molecule has 2 aliphatic rings. The Hall–Kier alpha value is -1.88. The number of carbonyl (C=O) groups excluding carboxylic acids is 2. The molecule has 5 nitrogen and oxygen atoms in total. The molecule has 1 aromatic rings. The van der Waals surface area contributed by atoms with Gasteiger partial charge in [0.2, 0.25) is 5.91 Å². The topological polar surface area (TPSA) is 75.4 Å². The maximum Gasteiger partial charge on any atom is 0.253 e. The number of nitrogens with two attached hydrogens (primary N) is 1. The van der Waals surface area contributed by atoms with Gasteiger partial charge in [0.25, 0.3) is 5.91 Å². The standard InChI is InChI=1S/C15H19N3O2/c1-9-8-18(5-4-12(9)16)15(20)11-3-2-10-7-14(19)17-13(10)6-11/h2-3,6,9,12H,4-5,7-8,16H2,1H3,(H,17,19). The third-order valence-electron chi connectivity index (χ3n) is 4.24. The number of nitrogens with zero attached hydrogens (tertiary/aromatic N) is 1. The first-order valence-corrected chi connectivity index (χ1v) is 7.02. The molecular weight excluding hydrogens is 254 g/mol. The molecule has 2 amide bonds. The zero-order valence-corrected chi connectivity index (χ0v) is 11.6. The normalized spacial score (nSPS) is 25.3. The molecule has 0 radical (unpaired) electrons. The van der Waals surface area contributed by atoms with Gasteiger partial charge in [-0.1, -0.05) is 13.0 Å². The van der Waals surface area contributed by atoms with Crippen LogP contribution >= 0.6 is 0 Å². The van der Waals surface area contributed by atoms with E-state index < -0.39 is 0 Å². The average Bonchev–Trinajstić information content (AvgIpc) is 2.80. The van der Waals surface area contributed by atoms with E-state index in [9.17, 15) is 9.59 Å². The van der Waals surface area contributed by atoms with Crippen LogP contribution in [0.4, 0.5) is 5.69 Å². The molecule has 3 rings (SSSR count). The molecule has 3 N–H and O–H groups in total. The maximum absolute atomic E-state index is 12.5. The molecule has 106 valence electrons. The molecule has 2 atom stereocenters. The molecule has 1 aromatic carbocycles. The number of fused-ring (bicyclic) bond motifs is 1. The molecule has 0 saturated carbocycles. The summed E-state index contributed by atoms with van der Waals surface area (Å²) in [4.78, 5) is 25.7. The minimum Gasteiger partial charge on any atom is -0.338 e. The van der Waals surface area contributed by atoms with Crippen LogP contribution in [0.2, 0.25) is 0 Å². The summed E-state index contributed by atoms with van der Waals surface area (Å²) in [6.45, 7) is 3.48. The molecular formula is C15H19N3O2. The van der Waals surface area contributed by atoms with E-state index >= 15 is 0 Å². The number of piperidine rings is 1. The van der Waals surface area contributed by atoms with Crippen LogP contribution in [0.15, 0.2) is 18.2 Å². The first kappa shape index (κ1) is 13.1. The van der Waals surface area contributed by atoms with Gasteiger partial charge in [0, 0.05) is 30.4 Å². The largest absolute Gasteiger partial charge is 0.338 e. The van der Waals surface area contributed by atoms with E-state index in [4.69, 9.17) is 5.73 Å². The number of amides is 2. The summed E-state index contributed by atoms with van der Waals surface area (Å²) in [5.41, 5.74) is 8.34. The van der Waals surface area contributed by atoms with Crippen LogP contribution < -0.4 is 11.1 Å². The maximum atomic E-state index is 12.5. The number of benzene rings is 1. The number of carbonyl (C=O) groups is 2. The Balaban J connectivity index is 1.78. The van der Waals surface area contributed by atoms with Gasteiger partial charge in [0.15, 0.2) is 0 Å². The Labute approximate surface area is 118 Å². The second-order valence-corrected chi connectivity index (χ2v) is 5.78. The lowest BCUT2D eigenvalue weighted by Gasteiger charge is -2.35. The van der Waals surface area contributed by atoms with Crippen molar-refractivity contribution in [2.45, 2.75) is 25.8 Å². The monoisotopic (exact) mass is 273 g/mol. The lowest BCUT2D eigenvalue weighted by Crippen LogP contribution is -2.48. The summed E-state index contributed by atoms with van der Waals surface area (Å²) in [6.07, 6.45) is 1.24. The number of hydrogen-bond acceptors (Lipinski definition) is 3. The van der Waals surface area contributed by atoms with Crippen LogP contribution in [0.3, 0.4) is 0 Å². The highest BCUT2D eigenvalue weighted by molar-refractivity contribution is 6.02. The van der Waals surface area contributed by atoms with Crippen molar-refractivity contribution in [3.8, 4) is 0 Å². The smallest absolute Gasteiger partial charge is 0.253 e. The minimum atomic E-state index is -0.0119. The molecule has 0 spiro atoms. The van der Waals surface area contributed by atoms with Crippen molar-refractivity contribution in [2.75, 3.05) is 18.4 Å². The lowest BCUT2D eigenvalue weighted by molar-refractivity contribution is -0.115. The highest BCUT2D eigenvalue weighted by Gasteiger charge is 2.27. The number of anilines is 1. The van der Waals surface area contributed by atoms with Gasteiger partial charge in [-0.15, -0.1) is 0 Å². The zero-order valence-electron chi connectivity index (χ0n) is 11.6. The van der Waals surface area contributed by atoms with Gasteiger partial charge in [0.05, 0.1) is 6.42 Å². The van der Waals surface area contributed by atoms with Crippen LogP contribution in [-0.2, 0) is 11.2 Å². The van der Waals surface area contributed by atoms with E-state index in [0.717, 1.165) is 17.7 Å². The number of rotatable bonds is 1. The Kier molecular flexibility index (Phi) is 3.22. The van der Waals surface area contributed by atoms with Gasteiger partial charge in [-0.05, 0) is 30.0 Å². The Bertz CT molecular complexity index is 570. The quantitative estimate of drug-likeness (QED) is 0.801. The van der Waals surface area contributed by atoms with Crippen molar-refractivity contribution >= 4 is 17.5 Å². The SMILES string of the molecule is CC1CN(C(=O)c2ccc3c(c2)NC(=O)C3)CCC1N. The average molecular weight is 273 g/mol. The van der Waals surface area contributed by atoms with Gasteiger partial charge in [-0.2, -0.15) is 0 Å². The molecule has 1 fully saturated rings. The molecule has 2 heterocycles. The van der Waals surface area contributed by atoms with Crippen molar-refractivity contribution in [1.29, 1.82) is 0 Å². The van der Waals surface area contributed by atoms with E-state index in [1.165, 1.54) is 0 Å². The highest BCUT2D eigenvalue weighted by Crippen LogP contribution is 2.25. The summed E-state index contributed by atoms with van der Waals surface area (Å²) >= 11 is 0. The molecule has 20 heavy (non-hydrogen) atoms. The van der Waals surface area contributed by atoms with Gasteiger partial charge < -0.3 is 16.0 Å². The van der Waals surface area contributed by atoms with Crippen molar-refractivity contribution in [1.82, 2.24) is 4.90 Å². The summed E-state index contributed by atoms with van der Waals surface area (Å²) in [7, 11) is 0. The van der Waals surface area contributed by atoms with Crippen molar-refractivity contribution in [3.05, 3.63) is 29.3 Å². The third kappa shape index (κ3) is 2.29. The van der Waals surface area contributed by atoms with E-state index in [0.29, 0.717) is 31.0 Å². The summed E-state index contributed by atoms with van der Waals surface area (Å²) < 4.78 is 0. The predicted molar refractivity (Wildman–Crippen MR) is 76.4 cm³/mol. The summed E-state index contributed by atoms with van der Waals surface area (Å²) in [5, 5.41) is 2.78. The first-order valence-electron chi connectivity index (χ1n) is 7.02. The van der Waals surface area contributed by atoms with Gasteiger partial charge in [-0.25, -0.2) is 0 Å². The van der Waals surface area contributed by atoms with Crippen molar-refractivity contribution in [2.24, 2.45) is 11.7 Å². The third-order valence-corrected chi connectivity index (χ3v) is 4.24. The van der Waals surface area contributed by atoms with E-state index in [2.05, 4.69) is 12.2 Å². The van der Waals surface area contributed by atoms with Crippen LogP contribution in [0.25, 0.3) is 0 Å². The fraction of sp³-hybridized carbons (Fsp3) is 0.467. The van der Waals surface area contributed by atoms with E-state index in [1.807, 2.05) is 11.0 Å². The predicted octanol–water partition coefficient (Wildman–Crippen LogP) is 0.990. The summed E-state index contributed by atoms with van der Waals surface area (Å²) in [6, 6.07) is 5.63. The van der Waals surface area contributed by atoms with Gasteiger partial charge in [0.1, 0.15) is 0 Å². The molecule has 2 unspecified atom stereocenters. The Morgan fingerprint density at radius 2 is 2.25 bits per heavy atom. The molecule has 0 bridgehead atoms. The van der Waals surface area contributed by atoms with Crippen molar-refractivity contribution < 1.29 is 9.59 Å². The molecule has 0 aliphatic carbocycles. The van der Waals surface area contributed by atoms with Crippen LogP contribution in [-0.4, -0.2) is 35.8 Å². The second-order valence-electron chi connectivity index (χ2n) is 5.78. The van der Waals surface area contributed by atoms with Crippen molar-refractivity contribution in [3.63, 3.8) is 0 Å².